The SMILES string of the molecule is CC/C=C\C/C=C\C/C=C\CCCCCCOCC(COP(=O)(O)OCCN)OC(=O)CCCCCCC. The van der Waals surface area contributed by atoms with Crippen LogP contribution in [0.15, 0.2) is 36.5 Å². The van der Waals surface area contributed by atoms with Crippen molar-refractivity contribution < 1.29 is 32.8 Å². The molecule has 0 spiro atoms. The molecule has 0 fully saturated rings. The Bertz CT molecular complexity index is 682. The van der Waals surface area contributed by atoms with E-state index in [2.05, 4.69) is 50.3 Å². The van der Waals surface area contributed by atoms with E-state index in [0.717, 1.165) is 83.5 Å². The van der Waals surface area contributed by atoms with Gasteiger partial charge in [0.25, 0.3) is 0 Å². The quantitative estimate of drug-likeness (QED) is 0.0470. The fourth-order valence-corrected chi connectivity index (χ4v) is 4.24. The molecular weight excluding hydrogens is 505 g/mol. The molecule has 2 atom stereocenters. The lowest BCUT2D eigenvalue weighted by atomic mass is 10.1. The number of esters is 1. The zero-order chi connectivity index (χ0) is 28.2. The Balaban J connectivity index is 4.15. The van der Waals surface area contributed by atoms with Crippen LogP contribution in [-0.4, -0.2) is 49.9 Å². The summed E-state index contributed by atoms with van der Waals surface area (Å²) in [5, 5.41) is 0. The van der Waals surface area contributed by atoms with Gasteiger partial charge in [0.05, 0.1) is 19.8 Å². The van der Waals surface area contributed by atoms with Crippen LogP contribution in [0.25, 0.3) is 0 Å². The summed E-state index contributed by atoms with van der Waals surface area (Å²) in [5.74, 6) is -0.355. The Labute approximate surface area is 231 Å². The van der Waals surface area contributed by atoms with E-state index in [1.165, 1.54) is 0 Å². The molecule has 3 N–H and O–H groups in total. The van der Waals surface area contributed by atoms with Gasteiger partial charge in [-0.2, -0.15) is 0 Å². The molecule has 0 heterocycles. The minimum Gasteiger partial charge on any atom is -0.457 e. The Morgan fingerprint density at radius 3 is 2.18 bits per heavy atom. The van der Waals surface area contributed by atoms with Gasteiger partial charge in [-0.05, 0) is 44.9 Å². The fourth-order valence-electron chi connectivity index (χ4n) is 3.48. The first-order valence-corrected chi connectivity index (χ1v) is 16.0. The van der Waals surface area contributed by atoms with Crippen molar-refractivity contribution in [3.05, 3.63) is 36.5 Å². The Morgan fingerprint density at radius 2 is 1.47 bits per heavy atom. The van der Waals surface area contributed by atoms with Gasteiger partial charge in [0, 0.05) is 19.6 Å². The molecule has 8 nitrogen and oxygen atoms in total. The molecule has 0 amide bonds. The first-order valence-electron chi connectivity index (χ1n) is 14.5. The minimum absolute atomic E-state index is 0.0955. The maximum atomic E-state index is 12.2. The van der Waals surface area contributed by atoms with Crippen molar-refractivity contribution in [1.29, 1.82) is 0 Å². The van der Waals surface area contributed by atoms with Gasteiger partial charge >= 0.3 is 13.8 Å². The first-order chi connectivity index (χ1) is 18.4. The third kappa shape index (κ3) is 26.3. The predicted molar refractivity (Wildman–Crippen MR) is 155 cm³/mol. The number of phosphoric ester groups is 1. The number of allylic oxidation sites excluding steroid dienone is 6. The molecule has 222 valence electrons. The van der Waals surface area contributed by atoms with Crippen LogP contribution in [0.2, 0.25) is 0 Å². The van der Waals surface area contributed by atoms with Crippen LogP contribution in [0.3, 0.4) is 0 Å². The number of carbonyl (C=O) groups is 1. The van der Waals surface area contributed by atoms with Crippen LogP contribution < -0.4 is 5.73 Å². The van der Waals surface area contributed by atoms with Crippen LogP contribution in [0.4, 0.5) is 0 Å². The van der Waals surface area contributed by atoms with E-state index in [-0.39, 0.29) is 32.3 Å². The number of carbonyl (C=O) groups excluding carboxylic acids is 1. The summed E-state index contributed by atoms with van der Waals surface area (Å²) in [4.78, 5) is 22.0. The normalized spacial score (nSPS) is 14.5. The van der Waals surface area contributed by atoms with E-state index >= 15 is 0 Å². The molecule has 0 aliphatic carbocycles. The summed E-state index contributed by atoms with van der Waals surface area (Å²) in [6, 6.07) is 0. The third-order valence-electron chi connectivity index (χ3n) is 5.57. The largest absolute Gasteiger partial charge is 0.472 e. The van der Waals surface area contributed by atoms with Gasteiger partial charge in [-0.15, -0.1) is 0 Å². The molecule has 0 radical (unpaired) electrons. The van der Waals surface area contributed by atoms with Gasteiger partial charge in [-0.25, -0.2) is 4.57 Å². The van der Waals surface area contributed by atoms with Crippen LogP contribution in [0.1, 0.15) is 104 Å². The maximum Gasteiger partial charge on any atom is 0.472 e. The van der Waals surface area contributed by atoms with E-state index < -0.39 is 13.9 Å². The van der Waals surface area contributed by atoms with Gasteiger partial charge < -0.3 is 20.1 Å². The first kappa shape index (κ1) is 36.7. The molecule has 0 saturated heterocycles. The van der Waals surface area contributed by atoms with Crippen molar-refractivity contribution in [2.45, 2.75) is 110 Å². The number of nitrogens with two attached hydrogens (primary N) is 1. The number of rotatable bonds is 27. The van der Waals surface area contributed by atoms with E-state index in [1.54, 1.807) is 0 Å². The number of hydrogen-bond acceptors (Lipinski definition) is 7. The highest BCUT2D eigenvalue weighted by Crippen LogP contribution is 2.43. The second-order valence-electron chi connectivity index (χ2n) is 9.23. The van der Waals surface area contributed by atoms with Crippen LogP contribution in [-0.2, 0) is 27.9 Å². The second kappa shape index (κ2) is 27.3. The molecule has 9 heteroatoms. The van der Waals surface area contributed by atoms with E-state index in [9.17, 15) is 14.3 Å². The summed E-state index contributed by atoms with van der Waals surface area (Å²) < 4.78 is 32.8. The van der Waals surface area contributed by atoms with Crippen molar-refractivity contribution in [2.24, 2.45) is 5.73 Å². The lowest BCUT2D eigenvalue weighted by Crippen LogP contribution is -2.28. The molecule has 0 bridgehead atoms. The van der Waals surface area contributed by atoms with Crippen molar-refractivity contribution in [3.63, 3.8) is 0 Å². The topological polar surface area (TPSA) is 117 Å². The smallest absolute Gasteiger partial charge is 0.457 e. The molecule has 0 aromatic carbocycles. The van der Waals surface area contributed by atoms with Crippen molar-refractivity contribution in [3.8, 4) is 0 Å². The zero-order valence-corrected chi connectivity index (χ0v) is 24.8. The molecule has 0 aliphatic rings. The molecule has 0 aromatic heterocycles. The van der Waals surface area contributed by atoms with Gasteiger partial charge in [-0.1, -0.05) is 88.8 Å². The molecule has 2 unspecified atom stereocenters. The Kier molecular flexibility index (Phi) is 26.4. The number of ether oxygens (including phenoxy) is 2. The lowest BCUT2D eigenvalue weighted by Gasteiger charge is -2.20. The predicted octanol–water partition coefficient (Wildman–Crippen LogP) is 7.18. The highest BCUT2D eigenvalue weighted by molar-refractivity contribution is 7.47. The van der Waals surface area contributed by atoms with E-state index in [4.69, 9.17) is 24.3 Å². The minimum atomic E-state index is -4.25. The lowest BCUT2D eigenvalue weighted by molar-refractivity contribution is -0.154. The van der Waals surface area contributed by atoms with Gasteiger partial charge in [0.15, 0.2) is 0 Å². The van der Waals surface area contributed by atoms with Crippen molar-refractivity contribution >= 4 is 13.8 Å². The van der Waals surface area contributed by atoms with E-state index in [1.807, 2.05) is 0 Å². The average molecular weight is 560 g/mol. The molecule has 38 heavy (non-hydrogen) atoms. The maximum absolute atomic E-state index is 12.2. The Morgan fingerprint density at radius 1 is 0.816 bits per heavy atom. The summed E-state index contributed by atoms with van der Waals surface area (Å²) in [7, 11) is -4.25. The van der Waals surface area contributed by atoms with Crippen molar-refractivity contribution in [1.82, 2.24) is 0 Å². The summed E-state index contributed by atoms with van der Waals surface area (Å²) in [6.07, 6.45) is 26.2. The molecule has 0 rings (SSSR count). The van der Waals surface area contributed by atoms with Crippen LogP contribution in [0.5, 0.6) is 0 Å². The van der Waals surface area contributed by atoms with E-state index in [0.29, 0.717) is 13.0 Å². The molecule has 0 aromatic rings. The number of unbranched alkanes of at least 4 members (excludes halogenated alkanes) is 8. The molecule has 0 aliphatic heterocycles. The van der Waals surface area contributed by atoms with Gasteiger partial charge in [0.1, 0.15) is 6.10 Å². The van der Waals surface area contributed by atoms with Crippen LogP contribution >= 0.6 is 7.82 Å². The second-order valence-corrected chi connectivity index (χ2v) is 10.7. The summed E-state index contributed by atoms with van der Waals surface area (Å²) in [5.41, 5.74) is 5.30. The standard InChI is InChI=1S/C29H54NO7P/c1-3-5-7-9-10-11-12-13-14-15-16-17-19-21-24-34-26-28(27-36-38(32,33)35-25-23-30)37-29(31)22-20-18-8-6-4-2/h5,7,10-11,13-14,28H,3-4,6,8-9,12,15-27,30H2,1-2H3,(H,32,33)/b7-5-,11-10-,14-13-. The number of phosphoric acid groups is 1. The Hall–Kier alpha value is -1.28. The van der Waals surface area contributed by atoms with Gasteiger partial charge in [-0.3, -0.25) is 13.8 Å². The zero-order valence-electron chi connectivity index (χ0n) is 23.9. The molecule has 0 saturated carbocycles. The van der Waals surface area contributed by atoms with Crippen molar-refractivity contribution in [2.75, 3.05) is 33.0 Å². The average Bonchev–Trinajstić information content (AvgIpc) is 2.90. The highest BCUT2D eigenvalue weighted by atomic mass is 31.2. The third-order valence-corrected chi connectivity index (χ3v) is 6.56. The highest BCUT2D eigenvalue weighted by Gasteiger charge is 2.25. The monoisotopic (exact) mass is 559 g/mol. The summed E-state index contributed by atoms with van der Waals surface area (Å²) in [6.45, 7) is 4.62. The number of hydrogen-bond donors (Lipinski definition) is 2. The fraction of sp³-hybridized carbons (Fsp3) is 0.759. The van der Waals surface area contributed by atoms with Crippen LogP contribution in [0, 0.1) is 0 Å². The summed E-state index contributed by atoms with van der Waals surface area (Å²) >= 11 is 0. The molecular formula is C29H54NO7P. The van der Waals surface area contributed by atoms with Gasteiger partial charge in [0.2, 0.25) is 0 Å².